The van der Waals surface area contributed by atoms with Crippen LogP contribution in [0.25, 0.3) is 5.57 Å². The third-order valence-corrected chi connectivity index (χ3v) is 4.45. The van der Waals surface area contributed by atoms with Crippen molar-refractivity contribution in [1.29, 1.82) is 0 Å². The summed E-state index contributed by atoms with van der Waals surface area (Å²) >= 11 is 0. The summed E-state index contributed by atoms with van der Waals surface area (Å²) < 4.78 is 5.24. The van der Waals surface area contributed by atoms with E-state index in [1.165, 1.54) is 0 Å². The van der Waals surface area contributed by atoms with Crippen molar-refractivity contribution in [2.75, 3.05) is 7.11 Å². The van der Waals surface area contributed by atoms with Crippen LogP contribution in [0.4, 0.5) is 0 Å². The van der Waals surface area contributed by atoms with E-state index in [1.54, 1.807) is 13.2 Å². The topological polar surface area (TPSA) is 38.3 Å². The predicted molar refractivity (Wildman–Crippen MR) is 110 cm³/mol. The molecule has 0 spiro atoms. The third kappa shape index (κ3) is 4.85. The molecule has 0 unspecified atom stereocenters. The molecule has 27 heavy (non-hydrogen) atoms. The second-order valence-corrected chi connectivity index (χ2v) is 6.32. The van der Waals surface area contributed by atoms with E-state index in [1.807, 2.05) is 91.9 Å². The standard InChI is InChI=1S/C24H23NO2/c1-18(19-9-5-3-6-10-19)17-23(26)25-24(20-11-7-4-8-12-20)21-13-15-22(27-2)16-14-21/h3-17,24H,1-2H3,(H,25,26)/b18-17-/t24-/m0/s1. The summed E-state index contributed by atoms with van der Waals surface area (Å²) in [7, 11) is 1.64. The highest BCUT2D eigenvalue weighted by molar-refractivity contribution is 5.95. The third-order valence-electron chi connectivity index (χ3n) is 4.45. The van der Waals surface area contributed by atoms with Crippen molar-refractivity contribution in [2.45, 2.75) is 13.0 Å². The van der Waals surface area contributed by atoms with E-state index in [0.717, 1.165) is 28.0 Å². The number of benzene rings is 3. The fourth-order valence-corrected chi connectivity index (χ4v) is 2.97. The first-order chi connectivity index (χ1) is 13.2. The molecule has 0 aliphatic heterocycles. The fourth-order valence-electron chi connectivity index (χ4n) is 2.97. The summed E-state index contributed by atoms with van der Waals surface area (Å²) in [5.41, 5.74) is 3.99. The van der Waals surface area contributed by atoms with Crippen LogP contribution in [0.5, 0.6) is 5.75 Å². The summed E-state index contributed by atoms with van der Waals surface area (Å²) in [6.07, 6.45) is 1.65. The molecule has 136 valence electrons. The SMILES string of the molecule is COc1ccc([C@@H](NC(=O)/C=C(/C)c2ccccc2)c2ccccc2)cc1. The second-order valence-electron chi connectivity index (χ2n) is 6.32. The molecule has 0 saturated carbocycles. The number of nitrogens with one attached hydrogen (secondary N) is 1. The smallest absolute Gasteiger partial charge is 0.245 e. The Labute approximate surface area is 160 Å². The monoisotopic (exact) mass is 357 g/mol. The Morgan fingerprint density at radius 2 is 1.41 bits per heavy atom. The molecule has 0 aliphatic rings. The van der Waals surface area contributed by atoms with Gasteiger partial charge in [-0.1, -0.05) is 72.8 Å². The van der Waals surface area contributed by atoms with Gasteiger partial charge in [0.2, 0.25) is 5.91 Å². The summed E-state index contributed by atoms with van der Waals surface area (Å²) in [5.74, 6) is 0.665. The van der Waals surface area contributed by atoms with Gasteiger partial charge in [0, 0.05) is 6.08 Å². The summed E-state index contributed by atoms with van der Waals surface area (Å²) in [6.45, 7) is 1.94. The molecule has 0 aromatic heterocycles. The van der Waals surface area contributed by atoms with Crippen LogP contribution in [-0.2, 0) is 4.79 Å². The number of rotatable bonds is 6. The van der Waals surface area contributed by atoms with E-state index in [0.29, 0.717) is 0 Å². The molecule has 1 atom stereocenters. The molecule has 1 N–H and O–H groups in total. The Kier molecular flexibility index (Phi) is 6.06. The molecule has 0 radical (unpaired) electrons. The maximum Gasteiger partial charge on any atom is 0.245 e. The van der Waals surface area contributed by atoms with Crippen molar-refractivity contribution in [3.63, 3.8) is 0 Å². The Balaban J connectivity index is 1.86. The Bertz CT molecular complexity index is 900. The maximum atomic E-state index is 12.7. The number of carbonyl (C=O) groups is 1. The van der Waals surface area contributed by atoms with Crippen LogP contribution in [-0.4, -0.2) is 13.0 Å². The van der Waals surface area contributed by atoms with Gasteiger partial charge >= 0.3 is 0 Å². The Hall–Kier alpha value is -3.33. The minimum atomic E-state index is -0.232. The van der Waals surface area contributed by atoms with Gasteiger partial charge in [-0.15, -0.1) is 0 Å². The van der Waals surface area contributed by atoms with Gasteiger partial charge in [0.05, 0.1) is 13.2 Å². The first-order valence-corrected chi connectivity index (χ1v) is 8.90. The molecular weight excluding hydrogens is 334 g/mol. The lowest BCUT2D eigenvalue weighted by Crippen LogP contribution is -2.27. The first-order valence-electron chi connectivity index (χ1n) is 8.90. The van der Waals surface area contributed by atoms with Gasteiger partial charge in [0.25, 0.3) is 0 Å². The van der Waals surface area contributed by atoms with Gasteiger partial charge in [-0.05, 0) is 41.3 Å². The molecule has 3 rings (SSSR count). The molecule has 3 aromatic carbocycles. The van der Waals surface area contributed by atoms with Crippen LogP contribution in [0.1, 0.15) is 29.7 Å². The van der Waals surface area contributed by atoms with Crippen LogP contribution >= 0.6 is 0 Å². The van der Waals surface area contributed by atoms with Crippen LogP contribution in [0.15, 0.2) is 91.0 Å². The number of amides is 1. The van der Waals surface area contributed by atoms with E-state index in [4.69, 9.17) is 4.74 Å². The lowest BCUT2D eigenvalue weighted by molar-refractivity contribution is -0.116. The quantitative estimate of drug-likeness (QED) is 0.630. The van der Waals surface area contributed by atoms with E-state index < -0.39 is 0 Å². The average molecular weight is 357 g/mol. The van der Waals surface area contributed by atoms with E-state index >= 15 is 0 Å². The molecule has 0 saturated heterocycles. The lowest BCUT2D eigenvalue weighted by Gasteiger charge is -2.19. The maximum absolute atomic E-state index is 12.7. The number of hydrogen-bond acceptors (Lipinski definition) is 2. The molecule has 0 heterocycles. The number of carbonyl (C=O) groups excluding carboxylic acids is 1. The lowest BCUT2D eigenvalue weighted by atomic mass is 9.98. The summed E-state index contributed by atoms with van der Waals surface area (Å²) in [4.78, 5) is 12.7. The molecule has 0 fully saturated rings. The number of methoxy groups -OCH3 is 1. The molecule has 1 amide bonds. The average Bonchev–Trinajstić information content (AvgIpc) is 2.73. The van der Waals surface area contributed by atoms with E-state index in [9.17, 15) is 4.79 Å². The molecule has 3 aromatic rings. The molecule has 0 bridgehead atoms. The Morgan fingerprint density at radius 1 is 0.852 bits per heavy atom. The largest absolute Gasteiger partial charge is 0.497 e. The van der Waals surface area contributed by atoms with Crippen molar-refractivity contribution in [1.82, 2.24) is 5.32 Å². The number of allylic oxidation sites excluding steroid dienone is 1. The normalized spacial score (nSPS) is 12.3. The molecule has 3 nitrogen and oxygen atoms in total. The zero-order valence-electron chi connectivity index (χ0n) is 15.6. The minimum Gasteiger partial charge on any atom is -0.497 e. The van der Waals surface area contributed by atoms with Gasteiger partial charge in [0.1, 0.15) is 5.75 Å². The summed E-state index contributed by atoms with van der Waals surface area (Å²) in [5, 5.41) is 3.13. The van der Waals surface area contributed by atoms with Gasteiger partial charge in [-0.25, -0.2) is 0 Å². The van der Waals surface area contributed by atoms with Gasteiger partial charge in [0.15, 0.2) is 0 Å². The van der Waals surface area contributed by atoms with Crippen LogP contribution in [0.2, 0.25) is 0 Å². The molecule has 0 aliphatic carbocycles. The zero-order chi connectivity index (χ0) is 19.1. The fraction of sp³-hybridized carbons (Fsp3) is 0.125. The summed E-state index contributed by atoms with van der Waals surface area (Å²) in [6, 6.07) is 27.4. The van der Waals surface area contributed by atoms with Gasteiger partial charge in [-0.2, -0.15) is 0 Å². The molecular formula is C24H23NO2. The van der Waals surface area contributed by atoms with Gasteiger partial charge < -0.3 is 10.1 Å². The van der Waals surface area contributed by atoms with Crippen LogP contribution < -0.4 is 10.1 Å². The minimum absolute atomic E-state index is 0.124. The first kappa shape index (κ1) is 18.5. The van der Waals surface area contributed by atoms with Crippen molar-refractivity contribution in [2.24, 2.45) is 0 Å². The van der Waals surface area contributed by atoms with Crippen LogP contribution in [0, 0.1) is 0 Å². The van der Waals surface area contributed by atoms with Crippen molar-refractivity contribution < 1.29 is 9.53 Å². The molecule has 3 heteroatoms. The highest BCUT2D eigenvalue weighted by Crippen LogP contribution is 2.24. The van der Waals surface area contributed by atoms with Gasteiger partial charge in [-0.3, -0.25) is 4.79 Å². The number of ether oxygens (including phenoxy) is 1. The van der Waals surface area contributed by atoms with E-state index in [2.05, 4.69) is 5.32 Å². The predicted octanol–water partition coefficient (Wildman–Crippen LogP) is 5.00. The highest BCUT2D eigenvalue weighted by atomic mass is 16.5. The van der Waals surface area contributed by atoms with Crippen LogP contribution in [0.3, 0.4) is 0 Å². The van der Waals surface area contributed by atoms with Crippen molar-refractivity contribution in [3.8, 4) is 5.75 Å². The van der Waals surface area contributed by atoms with Crippen molar-refractivity contribution >= 4 is 11.5 Å². The number of hydrogen-bond donors (Lipinski definition) is 1. The van der Waals surface area contributed by atoms with Crippen molar-refractivity contribution in [3.05, 3.63) is 108 Å². The van der Waals surface area contributed by atoms with E-state index in [-0.39, 0.29) is 11.9 Å². The zero-order valence-corrected chi connectivity index (χ0v) is 15.6. The highest BCUT2D eigenvalue weighted by Gasteiger charge is 2.16. The second kappa shape index (κ2) is 8.86. The Morgan fingerprint density at radius 3 is 2.00 bits per heavy atom.